The number of para-hydroxylation sites is 2. The molecule has 6 heteroatoms. The SMILES string of the molecule is O=C(O)c1ccccc1Oc1ccc2ccccc2c1-c1c(Oc2ccccc2C(=O)O)ccc2ccccc12. The summed E-state index contributed by atoms with van der Waals surface area (Å²) in [5.74, 6) is -0.939. The zero-order valence-corrected chi connectivity index (χ0v) is 21.1. The summed E-state index contributed by atoms with van der Waals surface area (Å²) in [5.41, 5.74) is 1.45. The van der Waals surface area contributed by atoms with Crippen LogP contribution in [0.4, 0.5) is 0 Å². The Hall–Kier alpha value is -5.62. The summed E-state index contributed by atoms with van der Waals surface area (Å²) >= 11 is 0. The van der Waals surface area contributed by atoms with Gasteiger partial charge in [-0.3, -0.25) is 0 Å². The molecule has 6 aromatic rings. The number of aromatic carboxylic acids is 2. The smallest absolute Gasteiger partial charge is 0.339 e. The Morgan fingerprint density at radius 1 is 0.425 bits per heavy atom. The molecule has 0 unspecified atom stereocenters. The van der Waals surface area contributed by atoms with Crippen LogP contribution >= 0.6 is 0 Å². The van der Waals surface area contributed by atoms with E-state index in [0.717, 1.165) is 21.5 Å². The van der Waals surface area contributed by atoms with E-state index in [1.807, 2.05) is 72.8 Å². The maximum Gasteiger partial charge on any atom is 0.339 e. The van der Waals surface area contributed by atoms with Crippen molar-refractivity contribution in [2.75, 3.05) is 0 Å². The van der Waals surface area contributed by atoms with Crippen molar-refractivity contribution in [3.05, 3.63) is 132 Å². The van der Waals surface area contributed by atoms with E-state index >= 15 is 0 Å². The Morgan fingerprint density at radius 2 is 0.800 bits per heavy atom. The van der Waals surface area contributed by atoms with Crippen molar-refractivity contribution in [1.82, 2.24) is 0 Å². The number of benzene rings is 6. The van der Waals surface area contributed by atoms with Crippen LogP contribution in [0.5, 0.6) is 23.0 Å². The highest BCUT2D eigenvalue weighted by molar-refractivity contribution is 6.10. The summed E-state index contributed by atoms with van der Waals surface area (Å²) in [6, 6.07) is 36.1. The standard InChI is InChI=1S/C34H22O6/c35-33(36)25-13-5-7-15-27(25)39-29-19-17-21-9-1-3-11-23(21)31(29)32-24-12-4-2-10-22(24)18-20-30(32)40-28-16-8-6-14-26(28)34(37)38/h1-20H,(H,35,36)(H,37,38). The summed E-state index contributed by atoms with van der Waals surface area (Å²) in [4.78, 5) is 23.9. The van der Waals surface area contributed by atoms with Crippen LogP contribution in [0.15, 0.2) is 121 Å². The lowest BCUT2D eigenvalue weighted by Gasteiger charge is -2.20. The van der Waals surface area contributed by atoms with Gasteiger partial charge in [0.2, 0.25) is 0 Å². The molecule has 0 saturated carbocycles. The van der Waals surface area contributed by atoms with E-state index in [1.54, 1.807) is 36.4 Å². The zero-order chi connectivity index (χ0) is 27.6. The van der Waals surface area contributed by atoms with Crippen LogP contribution in [0, 0.1) is 0 Å². The molecule has 0 atom stereocenters. The fraction of sp³-hybridized carbons (Fsp3) is 0. The van der Waals surface area contributed by atoms with Crippen LogP contribution in [0.2, 0.25) is 0 Å². The fourth-order valence-corrected chi connectivity index (χ4v) is 4.89. The van der Waals surface area contributed by atoms with Gasteiger partial charge in [-0.25, -0.2) is 9.59 Å². The van der Waals surface area contributed by atoms with Crippen molar-refractivity contribution in [2.24, 2.45) is 0 Å². The molecule has 0 bridgehead atoms. The first-order chi connectivity index (χ1) is 19.5. The molecular formula is C34H22O6. The van der Waals surface area contributed by atoms with Crippen molar-refractivity contribution >= 4 is 33.5 Å². The van der Waals surface area contributed by atoms with Crippen molar-refractivity contribution in [3.63, 3.8) is 0 Å². The van der Waals surface area contributed by atoms with Gasteiger partial charge in [0.05, 0.1) is 0 Å². The van der Waals surface area contributed by atoms with Gasteiger partial charge in [0.25, 0.3) is 0 Å². The molecule has 0 heterocycles. The minimum Gasteiger partial charge on any atom is -0.478 e. The molecule has 0 aliphatic rings. The molecule has 0 amide bonds. The second-order valence-corrected chi connectivity index (χ2v) is 9.13. The van der Waals surface area contributed by atoms with Crippen molar-refractivity contribution in [2.45, 2.75) is 0 Å². The molecule has 6 aromatic carbocycles. The van der Waals surface area contributed by atoms with Gasteiger partial charge in [-0.15, -0.1) is 0 Å². The van der Waals surface area contributed by atoms with Gasteiger partial charge >= 0.3 is 11.9 Å². The van der Waals surface area contributed by atoms with E-state index in [2.05, 4.69) is 0 Å². The van der Waals surface area contributed by atoms with Gasteiger partial charge in [0.15, 0.2) is 0 Å². The van der Waals surface area contributed by atoms with Crippen molar-refractivity contribution in [1.29, 1.82) is 0 Å². The molecule has 6 nitrogen and oxygen atoms in total. The maximum absolute atomic E-state index is 12.0. The first kappa shape index (κ1) is 24.7. The third kappa shape index (κ3) is 4.48. The lowest BCUT2D eigenvalue weighted by Crippen LogP contribution is -2.02. The van der Waals surface area contributed by atoms with Gasteiger partial charge in [-0.2, -0.15) is 0 Å². The van der Waals surface area contributed by atoms with Gasteiger partial charge in [-0.1, -0.05) is 84.9 Å². The highest BCUT2D eigenvalue weighted by Crippen LogP contribution is 2.48. The molecule has 194 valence electrons. The Kier molecular flexibility index (Phi) is 6.34. The van der Waals surface area contributed by atoms with E-state index in [1.165, 1.54) is 12.1 Å². The molecule has 2 N–H and O–H groups in total. The van der Waals surface area contributed by atoms with Crippen molar-refractivity contribution < 1.29 is 29.3 Å². The molecule has 0 radical (unpaired) electrons. The first-order valence-electron chi connectivity index (χ1n) is 12.6. The number of carboxylic acids is 2. The third-order valence-electron chi connectivity index (χ3n) is 6.71. The molecule has 6 rings (SSSR count). The van der Waals surface area contributed by atoms with E-state index in [4.69, 9.17) is 9.47 Å². The summed E-state index contributed by atoms with van der Waals surface area (Å²) in [5, 5.41) is 23.2. The molecule has 0 saturated heterocycles. The molecule has 0 spiro atoms. The first-order valence-corrected chi connectivity index (χ1v) is 12.6. The van der Waals surface area contributed by atoms with Crippen LogP contribution in [-0.2, 0) is 0 Å². The number of carbonyl (C=O) groups is 2. The normalized spacial score (nSPS) is 10.9. The Balaban J connectivity index is 1.65. The number of hydrogen-bond acceptors (Lipinski definition) is 4. The van der Waals surface area contributed by atoms with Gasteiger partial charge in [-0.05, 0) is 57.9 Å². The van der Waals surface area contributed by atoms with E-state index in [0.29, 0.717) is 22.6 Å². The van der Waals surface area contributed by atoms with Gasteiger partial charge in [0, 0.05) is 11.1 Å². The molecule has 0 aromatic heterocycles. The minimum absolute atomic E-state index is 0.0337. The topological polar surface area (TPSA) is 93.1 Å². The van der Waals surface area contributed by atoms with Gasteiger partial charge < -0.3 is 19.7 Å². The second kappa shape index (κ2) is 10.3. The zero-order valence-electron chi connectivity index (χ0n) is 21.1. The Labute approximate surface area is 229 Å². The van der Waals surface area contributed by atoms with E-state index < -0.39 is 11.9 Å². The van der Waals surface area contributed by atoms with Gasteiger partial charge in [0.1, 0.15) is 34.1 Å². The highest BCUT2D eigenvalue weighted by Gasteiger charge is 2.22. The number of hydrogen-bond donors (Lipinski definition) is 2. The highest BCUT2D eigenvalue weighted by atomic mass is 16.5. The van der Waals surface area contributed by atoms with Crippen LogP contribution in [-0.4, -0.2) is 22.2 Å². The summed E-state index contributed by atoms with van der Waals surface area (Å²) in [6.07, 6.45) is 0. The molecule has 0 aliphatic carbocycles. The van der Waals surface area contributed by atoms with Crippen molar-refractivity contribution in [3.8, 4) is 34.1 Å². The Bertz CT molecular complexity index is 1780. The van der Waals surface area contributed by atoms with Crippen LogP contribution in [0.1, 0.15) is 20.7 Å². The molecule has 40 heavy (non-hydrogen) atoms. The monoisotopic (exact) mass is 526 g/mol. The summed E-state index contributed by atoms with van der Waals surface area (Å²) in [7, 11) is 0. The fourth-order valence-electron chi connectivity index (χ4n) is 4.89. The number of carboxylic acid groups (broad SMARTS) is 2. The maximum atomic E-state index is 12.0. The minimum atomic E-state index is -1.10. The molecule has 0 fully saturated rings. The largest absolute Gasteiger partial charge is 0.478 e. The van der Waals surface area contributed by atoms with Crippen LogP contribution in [0.3, 0.4) is 0 Å². The Morgan fingerprint density at radius 3 is 1.23 bits per heavy atom. The number of ether oxygens (including phenoxy) is 2. The lowest BCUT2D eigenvalue weighted by molar-refractivity contribution is 0.0683. The van der Waals surface area contributed by atoms with Crippen LogP contribution in [0.25, 0.3) is 32.7 Å². The summed E-state index contributed by atoms with van der Waals surface area (Å²) in [6.45, 7) is 0. The lowest BCUT2D eigenvalue weighted by atomic mass is 9.92. The average molecular weight is 527 g/mol. The van der Waals surface area contributed by atoms with E-state index in [9.17, 15) is 19.8 Å². The van der Waals surface area contributed by atoms with Crippen LogP contribution < -0.4 is 9.47 Å². The average Bonchev–Trinajstić information content (AvgIpc) is 2.97. The summed E-state index contributed by atoms with van der Waals surface area (Å²) < 4.78 is 12.7. The predicted molar refractivity (Wildman–Crippen MR) is 154 cm³/mol. The second-order valence-electron chi connectivity index (χ2n) is 9.13. The quantitative estimate of drug-likeness (QED) is 0.216. The predicted octanol–water partition coefficient (Wildman–Crippen LogP) is 8.64. The number of rotatable bonds is 7. The third-order valence-corrected chi connectivity index (χ3v) is 6.71. The number of fused-ring (bicyclic) bond motifs is 2. The molecule has 0 aliphatic heterocycles. The van der Waals surface area contributed by atoms with E-state index in [-0.39, 0.29) is 22.6 Å². The molecular weight excluding hydrogens is 504 g/mol.